The van der Waals surface area contributed by atoms with Gasteiger partial charge in [0.05, 0.1) is 11.9 Å². The lowest BCUT2D eigenvalue weighted by molar-refractivity contribution is 0.898. The molecule has 0 bridgehead atoms. The van der Waals surface area contributed by atoms with Gasteiger partial charge in [0.25, 0.3) is 0 Å². The van der Waals surface area contributed by atoms with Crippen molar-refractivity contribution in [3.8, 4) is 0 Å². The molecule has 3 heteroatoms. The summed E-state index contributed by atoms with van der Waals surface area (Å²) in [6.07, 6.45) is 16.9. The lowest BCUT2D eigenvalue weighted by atomic mass is 10.1. The van der Waals surface area contributed by atoms with E-state index in [1.165, 1.54) is 0 Å². The van der Waals surface area contributed by atoms with Crippen LogP contribution in [0.3, 0.4) is 0 Å². The molecule has 16 heavy (non-hydrogen) atoms. The van der Waals surface area contributed by atoms with Gasteiger partial charge in [-0.25, -0.2) is 4.98 Å². The van der Waals surface area contributed by atoms with E-state index in [2.05, 4.69) is 33.4 Å². The van der Waals surface area contributed by atoms with Crippen molar-refractivity contribution >= 4 is 5.57 Å². The molecule has 1 aliphatic rings. The van der Waals surface area contributed by atoms with Crippen LogP contribution in [0, 0.1) is 6.92 Å². The molecule has 1 heterocycles. The Morgan fingerprint density at radius 2 is 2.06 bits per heavy atom. The van der Waals surface area contributed by atoms with Gasteiger partial charge in [0, 0.05) is 5.57 Å². The molecular formula is C13H13N3. The molecule has 0 unspecified atom stereocenters. The first kappa shape index (κ1) is 10.5. The van der Waals surface area contributed by atoms with Gasteiger partial charge >= 0.3 is 0 Å². The van der Waals surface area contributed by atoms with Crippen LogP contribution in [0.25, 0.3) is 5.57 Å². The molecule has 1 aromatic rings. The molecule has 0 atom stereocenters. The number of hydrogen-bond acceptors (Lipinski definition) is 3. The molecule has 0 radical (unpaired) electrons. The molecule has 0 aliphatic heterocycles. The third-order valence-corrected chi connectivity index (χ3v) is 2.16. The van der Waals surface area contributed by atoms with Gasteiger partial charge in [-0.05, 0) is 13.3 Å². The first-order valence-electron chi connectivity index (χ1n) is 5.23. The Bertz CT molecular complexity index is 482. The van der Waals surface area contributed by atoms with E-state index in [0.29, 0.717) is 5.82 Å². The summed E-state index contributed by atoms with van der Waals surface area (Å²) in [5.41, 5.74) is 1.91. The van der Waals surface area contributed by atoms with Gasteiger partial charge < -0.3 is 0 Å². The standard InChI is InChI=1S/C13H13N3/c1-11-15-13(10-14-16-11)12-8-6-4-2-3-5-7-9-12/h2-4,6-10H,5H2,1H3/b3-2-,6-4-,9-7?,12-8+. The zero-order valence-corrected chi connectivity index (χ0v) is 9.17. The Hall–Kier alpha value is -2.03. The van der Waals surface area contributed by atoms with Crippen LogP contribution in [0.4, 0.5) is 0 Å². The Morgan fingerprint density at radius 1 is 1.12 bits per heavy atom. The van der Waals surface area contributed by atoms with Crippen molar-refractivity contribution in [3.05, 3.63) is 60.2 Å². The average Bonchev–Trinajstić information content (AvgIpc) is 2.42. The first-order valence-corrected chi connectivity index (χ1v) is 5.23. The molecule has 1 aromatic heterocycles. The number of aromatic nitrogens is 3. The fourth-order valence-electron chi connectivity index (χ4n) is 1.41. The Labute approximate surface area is 94.9 Å². The van der Waals surface area contributed by atoms with Crippen molar-refractivity contribution in [1.29, 1.82) is 0 Å². The Balaban J connectivity index is 2.35. The van der Waals surface area contributed by atoms with Gasteiger partial charge in [-0.2, -0.15) is 5.10 Å². The lowest BCUT2D eigenvalue weighted by Gasteiger charge is -2.00. The lowest BCUT2D eigenvalue weighted by Crippen LogP contribution is -1.95. The van der Waals surface area contributed by atoms with E-state index in [1.807, 2.05) is 31.2 Å². The van der Waals surface area contributed by atoms with Crippen molar-refractivity contribution in [1.82, 2.24) is 15.2 Å². The predicted molar refractivity (Wildman–Crippen MR) is 64.6 cm³/mol. The minimum Gasteiger partial charge on any atom is -0.230 e. The fraction of sp³-hybridized carbons (Fsp3) is 0.154. The molecule has 0 spiro atoms. The van der Waals surface area contributed by atoms with Crippen LogP contribution in [0.5, 0.6) is 0 Å². The molecule has 3 nitrogen and oxygen atoms in total. The third kappa shape index (κ3) is 2.73. The average molecular weight is 211 g/mol. The van der Waals surface area contributed by atoms with Crippen LogP contribution < -0.4 is 0 Å². The van der Waals surface area contributed by atoms with Crippen molar-refractivity contribution in [2.24, 2.45) is 0 Å². The zero-order valence-electron chi connectivity index (χ0n) is 9.17. The minimum absolute atomic E-state index is 0.689. The quantitative estimate of drug-likeness (QED) is 0.716. The highest BCUT2D eigenvalue weighted by Gasteiger charge is 2.00. The maximum absolute atomic E-state index is 4.35. The van der Waals surface area contributed by atoms with Crippen molar-refractivity contribution in [2.45, 2.75) is 13.3 Å². The van der Waals surface area contributed by atoms with Crippen molar-refractivity contribution in [2.75, 3.05) is 0 Å². The van der Waals surface area contributed by atoms with Crippen LogP contribution in [-0.4, -0.2) is 15.2 Å². The summed E-state index contributed by atoms with van der Waals surface area (Å²) in [5, 5.41) is 7.76. The number of aryl methyl sites for hydroxylation is 1. The highest BCUT2D eigenvalue weighted by atomic mass is 15.1. The van der Waals surface area contributed by atoms with Crippen LogP contribution in [0.15, 0.2) is 48.7 Å². The van der Waals surface area contributed by atoms with E-state index < -0.39 is 0 Å². The summed E-state index contributed by atoms with van der Waals surface area (Å²) in [7, 11) is 0. The number of hydrogen-bond donors (Lipinski definition) is 0. The summed E-state index contributed by atoms with van der Waals surface area (Å²) in [6, 6.07) is 0. The highest BCUT2D eigenvalue weighted by molar-refractivity contribution is 5.72. The van der Waals surface area contributed by atoms with Crippen LogP contribution >= 0.6 is 0 Å². The fourth-order valence-corrected chi connectivity index (χ4v) is 1.41. The summed E-state index contributed by atoms with van der Waals surface area (Å²) in [5.74, 6) is 0.689. The molecule has 0 saturated carbocycles. The molecular weight excluding hydrogens is 198 g/mol. The van der Waals surface area contributed by atoms with Gasteiger partial charge in [-0.1, -0.05) is 42.5 Å². The minimum atomic E-state index is 0.689. The van der Waals surface area contributed by atoms with E-state index in [0.717, 1.165) is 17.7 Å². The zero-order chi connectivity index (χ0) is 11.2. The van der Waals surface area contributed by atoms with Gasteiger partial charge in [-0.15, -0.1) is 5.10 Å². The molecule has 0 saturated heterocycles. The van der Waals surface area contributed by atoms with E-state index in [9.17, 15) is 0 Å². The molecule has 1 aliphatic carbocycles. The van der Waals surface area contributed by atoms with E-state index >= 15 is 0 Å². The van der Waals surface area contributed by atoms with E-state index in [4.69, 9.17) is 0 Å². The van der Waals surface area contributed by atoms with Crippen LogP contribution in [0.2, 0.25) is 0 Å². The van der Waals surface area contributed by atoms with Gasteiger partial charge in [0.1, 0.15) is 5.82 Å². The van der Waals surface area contributed by atoms with Gasteiger partial charge in [0.15, 0.2) is 0 Å². The molecule has 0 amide bonds. The molecule has 0 aromatic carbocycles. The summed E-state index contributed by atoms with van der Waals surface area (Å²) in [4.78, 5) is 4.35. The van der Waals surface area contributed by atoms with Crippen LogP contribution in [0.1, 0.15) is 17.9 Å². The topological polar surface area (TPSA) is 38.7 Å². The van der Waals surface area contributed by atoms with E-state index in [-0.39, 0.29) is 0 Å². The second kappa shape index (κ2) is 5.16. The summed E-state index contributed by atoms with van der Waals surface area (Å²) < 4.78 is 0. The predicted octanol–water partition coefficient (Wildman–Crippen LogP) is 2.64. The second-order valence-electron chi connectivity index (χ2n) is 3.46. The largest absolute Gasteiger partial charge is 0.230 e. The highest BCUT2D eigenvalue weighted by Crippen LogP contribution is 2.13. The SMILES string of the molecule is Cc1nncc(/C2=C/C=C\C=C/CC=C2)n1. The molecule has 0 N–H and O–H groups in total. The normalized spacial score (nSPS) is 22.4. The number of nitrogens with zero attached hydrogens (tertiary/aromatic N) is 3. The maximum Gasteiger partial charge on any atom is 0.148 e. The smallest absolute Gasteiger partial charge is 0.148 e. The summed E-state index contributed by atoms with van der Waals surface area (Å²) >= 11 is 0. The summed E-state index contributed by atoms with van der Waals surface area (Å²) in [6.45, 7) is 1.84. The molecule has 0 fully saturated rings. The first-order chi connectivity index (χ1) is 7.86. The molecule has 2 rings (SSSR count). The third-order valence-electron chi connectivity index (χ3n) is 2.16. The Kier molecular flexibility index (Phi) is 3.38. The maximum atomic E-state index is 4.35. The van der Waals surface area contributed by atoms with Crippen LogP contribution in [-0.2, 0) is 0 Å². The Morgan fingerprint density at radius 3 is 2.94 bits per heavy atom. The van der Waals surface area contributed by atoms with Gasteiger partial charge in [-0.3, -0.25) is 0 Å². The number of allylic oxidation sites excluding steroid dienone is 8. The van der Waals surface area contributed by atoms with Crippen molar-refractivity contribution < 1.29 is 0 Å². The van der Waals surface area contributed by atoms with E-state index in [1.54, 1.807) is 6.20 Å². The number of rotatable bonds is 1. The van der Waals surface area contributed by atoms with Crippen molar-refractivity contribution in [3.63, 3.8) is 0 Å². The monoisotopic (exact) mass is 211 g/mol. The second-order valence-corrected chi connectivity index (χ2v) is 3.46. The molecule has 80 valence electrons. The van der Waals surface area contributed by atoms with Gasteiger partial charge in [0.2, 0.25) is 0 Å².